The second-order valence-corrected chi connectivity index (χ2v) is 9.88. The van der Waals surface area contributed by atoms with E-state index in [0.717, 1.165) is 37.5 Å². The Labute approximate surface area is 146 Å². The zero-order valence-corrected chi connectivity index (χ0v) is 15.3. The van der Waals surface area contributed by atoms with Crippen LogP contribution in [0, 0.1) is 40.4 Å². The van der Waals surface area contributed by atoms with Crippen molar-refractivity contribution in [3.8, 4) is 0 Å². The van der Waals surface area contributed by atoms with Crippen molar-refractivity contribution in [3.05, 3.63) is 0 Å². The summed E-state index contributed by atoms with van der Waals surface area (Å²) in [5, 5.41) is 19.5. The fraction of sp³-hybridized carbons (Fsp3) is 0.952. The predicted octanol–water partition coefficient (Wildman–Crippen LogP) is 3.57. The minimum atomic E-state index is -0.279. The van der Waals surface area contributed by atoms with Crippen molar-refractivity contribution >= 4 is 5.78 Å². The molecular formula is C21H34O3. The molecule has 0 aromatic carbocycles. The second kappa shape index (κ2) is 5.81. The highest BCUT2D eigenvalue weighted by molar-refractivity contribution is 5.83. The van der Waals surface area contributed by atoms with Gasteiger partial charge in [0.05, 0.1) is 6.10 Å². The maximum Gasteiger partial charge on any atom is 0.161 e. The first-order chi connectivity index (χ1) is 11.4. The number of hydrogen-bond acceptors (Lipinski definition) is 3. The van der Waals surface area contributed by atoms with Crippen LogP contribution in [0.25, 0.3) is 0 Å². The van der Waals surface area contributed by atoms with Gasteiger partial charge in [0.2, 0.25) is 0 Å². The molecule has 4 saturated carbocycles. The number of carbonyl (C=O) groups excluding carboxylic acids is 1. The summed E-state index contributed by atoms with van der Waals surface area (Å²) in [4.78, 5) is 12.3. The van der Waals surface area contributed by atoms with Crippen LogP contribution in [0.5, 0.6) is 0 Å². The molecule has 4 aliphatic rings. The van der Waals surface area contributed by atoms with Crippen LogP contribution in [0.15, 0.2) is 0 Å². The van der Waals surface area contributed by atoms with E-state index in [1.165, 1.54) is 32.1 Å². The zero-order valence-electron chi connectivity index (χ0n) is 15.3. The van der Waals surface area contributed by atoms with Crippen molar-refractivity contribution in [1.29, 1.82) is 0 Å². The third-order valence-electron chi connectivity index (χ3n) is 9.18. The van der Waals surface area contributed by atoms with Gasteiger partial charge in [-0.25, -0.2) is 0 Å². The Bertz CT molecular complexity index is 517. The molecule has 0 saturated heterocycles. The summed E-state index contributed by atoms with van der Waals surface area (Å²) in [5.74, 6) is 3.08. The van der Waals surface area contributed by atoms with E-state index in [1.54, 1.807) is 0 Å². The quantitative estimate of drug-likeness (QED) is 0.812. The number of rotatable bonds is 2. The number of fused-ring (bicyclic) bond motifs is 5. The minimum Gasteiger partial charge on any atom is -0.393 e. The van der Waals surface area contributed by atoms with Gasteiger partial charge >= 0.3 is 0 Å². The lowest BCUT2D eigenvalue weighted by Crippen LogP contribution is -2.54. The molecule has 0 aliphatic heterocycles. The molecule has 0 aromatic rings. The number of carbonyl (C=O) groups is 1. The van der Waals surface area contributed by atoms with Crippen molar-refractivity contribution < 1.29 is 15.0 Å². The lowest BCUT2D eigenvalue weighted by atomic mass is 9.44. The molecule has 4 fully saturated rings. The van der Waals surface area contributed by atoms with E-state index < -0.39 is 0 Å². The SMILES string of the molecule is C[C@]12CC[C@H](O)C[C@@H]1CC[C@H]1[C@H]2CC[C@]2(C)[C@@H]1CC[C@H]2C(=O)CO. The lowest BCUT2D eigenvalue weighted by Gasteiger charge is -2.60. The van der Waals surface area contributed by atoms with Gasteiger partial charge in [-0.15, -0.1) is 0 Å². The van der Waals surface area contributed by atoms with E-state index in [0.29, 0.717) is 17.3 Å². The molecule has 0 spiro atoms. The molecule has 4 aliphatic carbocycles. The van der Waals surface area contributed by atoms with Gasteiger partial charge in [-0.05, 0) is 92.3 Å². The smallest absolute Gasteiger partial charge is 0.161 e. The summed E-state index contributed by atoms with van der Waals surface area (Å²) in [6, 6.07) is 0. The van der Waals surface area contributed by atoms with E-state index in [4.69, 9.17) is 0 Å². The highest BCUT2D eigenvalue weighted by Crippen LogP contribution is 2.67. The first-order valence-electron chi connectivity index (χ1n) is 10.2. The largest absolute Gasteiger partial charge is 0.393 e. The highest BCUT2D eigenvalue weighted by Gasteiger charge is 2.60. The summed E-state index contributed by atoms with van der Waals surface area (Å²) in [6.07, 6.45) is 10.2. The Balaban J connectivity index is 1.60. The van der Waals surface area contributed by atoms with Crippen LogP contribution in [0.1, 0.15) is 71.6 Å². The molecule has 0 aromatic heterocycles. The normalized spacial score (nSPS) is 53.8. The number of Topliss-reactive ketones (excluding diaryl/α,β-unsaturated/α-hetero) is 1. The number of aliphatic hydroxyl groups is 2. The topological polar surface area (TPSA) is 57.5 Å². The predicted molar refractivity (Wildman–Crippen MR) is 93.3 cm³/mol. The Morgan fingerprint density at radius 1 is 0.958 bits per heavy atom. The fourth-order valence-electron chi connectivity index (χ4n) is 7.87. The van der Waals surface area contributed by atoms with Gasteiger partial charge in [0.25, 0.3) is 0 Å². The average Bonchev–Trinajstić information content (AvgIpc) is 2.92. The van der Waals surface area contributed by atoms with Gasteiger partial charge in [-0.1, -0.05) is 13.8 Å². The van der Waals surface area contributed by atoms with Crippen molar-refractivity contribution in [3.63, 3.8) is 0 Å². The molecule has 0 amide bonds. The Kier molecular flexibility index (Phi) is 4.12. The summed E-state index contributed by atoms with van der Waals surface area (Å²) in [7, 11) is 0. The molecule has 8 atom stereocenters. The van der Waals surface area contributed by atoms with E-state index in [9.17, 15) is 15.0 Å². The minimum absolute atomic E-state index is 0.0773. The van der Waals surface area contributed by atoms with Crippen LogP contribution < -0.4 is 0 Å². The van der Waals surface area contributed by atoms with Gasteiger partial charge < -0.3 is 10.2 Å². The first-order valence-corrected chi connectivity index (χ1v) is 10.2. The van der Waals surface area contributed by atoms with Crippen molar-refractivity contribution in [1.82, 2.24) is 0 Å². The first kappa shape index (κ1) is 17.0. The Morgan fingerprint density at radius 2 is 1.67 bits per heavy atom. The Morgan fingerprint density at radius 3 is 2.42 bits per heavy atom. The van der Waals surface area contributed by atoms with Crippen LogP contribution in [-0.4, -0.2) is 28.7 Å². The third kappa shape index (κ3) is 2.26. The van der Waals surface area contributed by atoms with Gasteiger partial charge in [-0.3, -0.25) is 4.79 Å². The maximum atomic E-state index is 12.3. The number of aliphatic hydroxyl groups excluding tert-OH is 2. The molecule has 0 radical (unpaired) electrons. The van der Waals surface area contributed by atoms with E-state index >= 15 is 0 Å². The van der Waals surface area contributed by atoms with Crippen LogP contribution in [0.3, 0.4) is 0 Å². The highest BCUT2D eigenvalue weighted by atomic mass is 16.3. The number of hydrogen-bond donors (Lipinski definition) is 2. The lowest BCUT2D eigenvalue weighted by molar-refractivity contribution is -0.141. The third-order valence-corrected chi connectivity index (χ3v) is 9.18. The molecule has 3 nitrogen and oxygen atoms in total. The van der Waals surface area contributed by atoms with Crippen molar-refractivity contribution in [2.75, 3.05) is 6.61 Å². The van der Waals surface area contributed by atoms with E-state index in [-0.39, 0.29) is 29.8 Å². The van der Waals surface area contributed by atoms with Crippen molar-refractivity contribution in [2.24, 2.45) is 40.4 Å². The molecule has 136 valence electrons. The summed E-state index contributed by atoms with van der Waals surface area (Å²) in [6.45, 7) is 4.57. The van der Waals surface area contributed by atoms with Crippen LogP contribution in [0.4, 0.5) is 0 Å². The standard InChI is InChI=1S/C21H34O3/c1-20-9-7-14(23)11-13(20)3-4-15-16-5-6-18(19(24)12-22)21(16,2)10-8-17(15)20/h13-18,22-23H,3-12H2,1-2H3/t13-,14-,15+,16+,17+,18-,20-,21+/m0/s1. The van der Waals surface area contributed by atoms with Crippen molar-refractivity contribution in [2.45, 2.75) is 77.7 Å². The molecule has 0 heterocycles. The van der Waals surface area contributed by atoms with Gasteiger partial charge in [-0.2, -0.15) is 0 Å². The number of ketones is 1. The fourth-order valence-corrected chi connectivity index (χ4v) is 7.87. The molecule has 0 unspecified atom stereocenters. The van der Waals surface area contributed by atoms with Gasteiger partial charge in [0.1, 0.15) is 6.61 Å². The van der Waals surface area contributed by atoms with Crippen LogP contribution >= 0.6 is 0 Å². The van der Waals surface area contributed by atoms with E-state index in [1.807, 2.05) is 0 Å². The maximum absolute atomic E-state index is 12.3. The molecular weight excluding hydrogens is 300 g/mol. The van der Waals surface area contributed by atoms with Gasteiger partial charge in [0, 0.05) is 5.92 Å². The molecule has 0 bridgehead atoms. The van der Waals surface area contributed by atoms with Crippen LogP contribution in [0.2, 0.25) is 0 Å². The summed E-state index contributed by atoms with van der Waals surface area (Å²) in [5.41, 5.74) is 0.529. The van der Waals surface area contributed by atoms with Crippen LogP contribution in [-0.2, 0) is 4.79 Å². The van der Waals surface area contributed by atoms with Gasteiger partial charge in [0.15, 0.2) is 5.78 Å². The second-order valence-electron chi connectivity index (χ2n) is 9.88. The molecule has 3 heteroatoms. The molecule has 24 heavy (non-hydrogen) atoms. The summed E-state index contributed by atoms with van der Waals surface area (Å²) >= 11 is 0. The van der Waals surface area contributed by atoms with E-state index in [2.05, 4.69) is 13.8 Å². The monoisotopic (exact) mass is 334 g/mol. The molecule has 2 N–H and O–H groups in total. The zero-order chi connectivity index (χ0) is 17.1. The molecule has 4 rings (SSSR count). The Hall–Kier alpha value is -0.410. The summed E-state index contributed by atoms with van der Waals surface area (Å²) < 4.78 is 0. The average molecular weight is 335 g/mol.